The van der Waals surface area contributed by atoms with E-state index in [1.807, 2.05) is 18.2 Å². The summed E-state index contributed by atoms with van der Waals surface area (Å²) in [5, 5.41) is 8.93. The van der Waals surface area contributed by atoms with Gasteiger partial charge in [0.1, 0.15) is 5.52 Å². The molecule has 90 valence electrons. The lowest BCUT2D eigenvalue weighted by Gasteiger charge is -1.85. The molecule has 2 aromatic heterocycles. The summed E-state index contributed by atoms with van der Waals surface area (Å²) < 4.78 is 5.50. The molecular formula is C12H9N3O3. The van der Waals surface area contributed by atoms with Crippen LogP contribution in [0.2, 0.25) is 0 Å². The van der Waals surface area contributed by atoms with Crippen molar-refractivity contribution in [2.24, 2.45) is 0 Å². The summed E-state index contributed by atoms with van der Waals surface area (Å²) in [6.07, 6.45) is 0. The van der Waals surface area contributed by atoms with Gasteiger partial charge < -0.3 is 14.5 Å². The highest BCUT2D eigenvalue weighted by molar-refractivity contribution is 5.87. The molecule has 0 aliphatic carbocycles. The number of benzene rings is 1. The number of oxazole rings is 1. The second-order valence-electron chi connectivity index (χ2n) is 3.85. The highest BCUT2D eigenvalue weighted by Gasteiger charge is 2.17. The average Bonchev–Trinajstić information content (AvgIpc) is 2.91. The second kappa shape index (κ2) is 3.69. The van der Waals surface area contributed by atoms with E-state index in [0.29, 0.717) is 22.6 Å². The molecule has 18 heavy (non-hydrogen) atoms. The van der Waals surface area contributed by atoms with Crippen LogP contribution >= 0.6 is 0 Å². The van der Waals surface area contributed by atoms with Gasteiger partial charge in [0.05, 0.1) is 0 Å². The van der Waals surface area contributed by atoms with Crippen molar-refractivity contribution in [1.82, 2.24) is 15.0 Å². The zero-order valence-corrected chi connectivity index (χ0v) is 9.47. The number of H-pyrrole nitrogens is 1. The monoisotopic (exact) mass is 243 g/mol. The normalized spacial score (nSPS) is 10.9. The summed E-state index contributed by atoms with van der Waals surface area (Å²) in [5.41, 5.74) is 1.80. The smallest absolute Gasteiger partial charge is 0.356 e. The van der Waals surface area contributed by atoms with Gasteiger partial charge in [0.2, 0.25) is 0 Å². The molecule has 0 bridgehead atoms. The van der Waals surface area contributed by atoms with E-state index in [4.69, 9.17) is 9.52 Å². The Morgan fingerprint density at radius 3 is 2.78 bits per heavy atom. The molecule has 2 heterocycles. The predicted octanol–water partition coefficient (Wildman–Crippen LogP) is 2.22. The summed E-state index contributed by atoms with van der Waals surface area (Å²) in [6.45, 7) is 1.64. The Labute approximate surface area is 101 Å². The van der Waals surface area contributed by atoms with E-state index in [9.17, 15) is 4.79 Å². The molecule has 6 heteroatoms. The molecule has 0 spiro atoms. The van der Waals surface area contributed by atoms with Gasteiger partial charge in [-0.25, -0.2) is 14.8 Å². The van der Waals surface area contributed by atoms with Crippen LogP contribution in [0.4, 0.5) is 0 Å². The highest BCUT2D eigenvalue weighted by Crippen LogP contribution is 2.22. The Hall–Kier alpha value is -2.63. The van der Waals surface area contributed by atoms with Crippen molar-refractivity contribution in [2.45, 2.75) is 6.92 Å². The number of carboxylic acids is 1. The standard InChI is InChI=1S/C12H9N3O3/c1-6-9(12(16)17)15-10(13-6)11-14-7-4-2-3-5-8(7)18-11/h2-5H,1H3,(H,13,15)(H,16,17). The first kappa shape index (κ1) is 10.5. The van der Waals surface area contributed by atoms with Gasteiger partial charge in [0.15, 0.2) is 17.1 Å². The lowest BCUT2D eigenvalue weighted by Crippen LogP contribution is -1.98. The summed E-state index contributed by atoms with van der Waals surface area (Å²) >= 11 is 0. The van der Waals surface area contributed by atoms with Crippen molar-refractivity contribution in [3.05, 3.63) is 35.7 Å². The first-order valence-electron chi connectivity index (χ1n) is 5.31. The third-order valence-electron chi connectivity index (χ3n) is 2.58. The van der Waals surface area contributed by atoms with Crippen molar-refractivity contribution >= 4 is 17.1 Å². The number of rotatable bonds is 2. The number of hydrogen-bond acceptors (Lipinski definition) is 4. The van der Waals surface area contributed by atoms with Gasteiger partial charge in [-0.2, -0.15) is 0 Å². The number of imidazole rings is 1. The number of nitrogens with zero attached hydrogens (tertiary/aromatic N) is 2. The molecule has 0 fully saturated rings. The molecule has 0 saturated carbocycles. The van der Waals surface area contributed by atoms with Crippen LogP contribution < -0.4 is 0 Å². The van der Waals surface area contributed by atoms with Crippen LogP contribution in [0.15, 0.2) is 28.7 Å². The molecule has 0 amide bonds. The van der Waals surface area contributed by atoms with Gasteiger partial charge in [-0.3, -0.25) is 0 Å². The molecule has 0 saturated heterocycles. The van der Waals surface area contributed by atoms with E-state index < -0.39 is 5.97 Å². The van der Waals surface area contributed by atoms with Crippen molar-refractivity contribution in [2.75, 3.05) is 0 Å². The second-order valence-corrected chi connectivity index (χ2v) is 3.85. The number of para-hydroxylation sites is 2. The highest BCUT2D eigenvalue weighted by atomic mass is 16.4. The van der Waals surface area contributed by atoms with Crippen molar-refractivity contribution in [1.29, 1.82) is 0 Å². The topological polar surface area (TPSA) is 92.0 Å². The van der Waals surface area contributed by atoms with Gasteiger partial charge >= 0.3 is 5.97 Å². The van der Waals surface area contributed by atoms with Gasteiger partial charge in [-0.05, 0) is 19.1 Å². The van der Waals surface area contributed by atoms with Crippen molar-refractivity contribution in [3.63, 3.8) is 0 Å². The van der Waals surface area contributed by atoms with Crippen LogP contribution in [0.1, 0.15) is 16.2 Å². The molecular weight excluding hydrogens is 234 g/mol. The van der Waals surface area contributed by atoms with E-state index in [1.165, 1.54) is 0 Å². The van der Waals surface area contributed by atoms with Gasteiger partial charge in [0.25, 0.3) is 5.89 Å². The summed E-state index contributed by atoms with van der Waals surface area (Å²) in [4.78, 5) is 22.0. The molecule has 1 aromatic carbocycles. The SMILES string of the molecule is Cc1[nH]c(-c2nc3ccccc3o2)nc1C(=O)O. The maximum atomic E-state index is 10.9. The minimum Gasteiger partial charge on any atom is -0.476 e. The van der Waals surface area contributed by atoms with Gasteiger partial charge in [-0.1, -0.05) is 12.1 Å². The molecule has 0 aliphatic heterocycles. The zero-order chi connectivity index (χ0) is 12.7. The average molecular weight is 243 g/mol. The number of aromatic nitrogens is 3. The van der Waals surface area contributed by atoms with Gasteiger partial charge in [0, 0.05) is 5.69 Å². The molecule has 2 N–H and O–H groups in total. The molecule has 0 radical (unpaired) electrons. The molecule has 3 rings (SSSR count). The number of aromatic carboxylic acids is 1. The summed E-state index contributed by atoms with van der Waals surface area (Å²) in [5.74, 6) is -0.473. The van der Waals surface area contributed by atoms with E-state index in [0.717, 1.165) is 0 Å². The van der Waals surface area contributed by atoms with E-state index in [2.05, 4.69) is 15.0 Å². The third kappa shape index (κ3) is 1.55. The number of aryl methyl sites for hydroxylation is 1. The number of aromatic amines is 1. The fourth-order valence-electron chi connectivity index (χ4n) is 1.74. The predicted molar refractivity (Wildman–Crippen MR) is 63.3 cm³/mol. The van der Waals surface area contributed by atoms with E-state index >= 15 is 0 Å². The minimum absolute atomic E-state index is 0.0211. The van der Waals surface area contributed by atoms with E-state index in [-0.39, 0.29) is 11.6 Å². The molecule has 0 atom stereocenters. The fraction of sp³-hybridized carbons (Fsp3) is 0.0833. The van der Waals surface area contributed by atoms with Crippen LogP contribution in [0.5, 0.6) is 0 Å². The van der Waals surface area contributed by atoms with Crippen LogP contribution in [0.3, 0.4) is 0 Å². The van der Waals surface area contributed by atoms with Crippen LogP contribution in [0.25, 0.3) is 22.8 Å². The molecule has 0 aliphatic rings. The van der Waals surface area contributed by atoms with Crippen LogP contribution in [0, 0.1) is 6.92 Å². The zero-order valence-electron chi connectivity index (χ0n) is 9.47. The summed E-state index contributed by atoms with van der Waals surface area (Å²) in [6, 6.07) is 7.30. The van der Waals surface area contributed by atoms with Gasteiger partial charge in [-0.15, -0.1) is 0 Å². The Balaban J connectivity index is 2.14. The minimum atomic E-state index is -1.08. The Kier molecular flexibility index (Phi) is 2.16. The van der Waals surface area contributed by atoms with E-state index in [1.54, 1.807) is 13.0 Å². The summed E-state index contributed by atoms with van der Waals surface area (Å²) in [7, 11) is 0. The lowest BCUT2D eigenvalue weighted by molar-refractivity contribution is 0.0690. The number of carbonyl (C=O) groups is 1. The fourth-order valence-corrected chi connectivity index (χ4v) is 1.74. The number of nitrogens with one attached hydrogen (secondary N) is 1. The number of fused-ring (bicyclic) bond motifs is 1. The van der Waals surface area contributed by atoms with Crippen LogP contribution in [-0.4, -0.2) is 26.0 Å². The molecule has 3 aromatic rings. The maximum Gasteiger partial charge on any atom is 0.356 e. The largest absolute Gasteiger partial charge is 0.476 e. The third-order valence-corrected chi connectivity index (χ3v) is 2.58. The Morgan fingerprint density at radius 1 is 1.33 bits per heavy atom. The Morgan fingerprint density at radius 2 is 2.11 bits per heavy atom. The molecule has 6 nitrogen and oxygen atoms in total. The first-order chi connectivity index (χ1) is 8.65. The quantitative estimate of drug-likeness (QED) is 0.720. The van der Waals surface area contributed by atoms with Crippen LogP contribution in [-0.2, 0) is 0 Å². The van der Waals surface area contributed by atoms with Crippen molar-refractivity contribution < 1.29 is 14.3 Å². The van der Waals surface area contributed by atoms with Crippen molar-refractivity contribution in [3.8, 4) is 11.7 Å². The first-order valence-corrected chi connectivity index (χ1v) is 5.31. The molecule has 0 unspecified atom stereocenters. The number of carboxylic acid groups (broad SMARTS) is 1. The number of hydrogen-bond donors (Lipinski definition) is 2. The Bertz CT molecular complexity index is 709. The lowest BCUT2D eigenvalue weighted by atomic mass is 10.3. The maximum absolute atomic E-state index is 10.9.